The molecule has 0 aliphatic heterocycles. The van der Waals surface area contributed by atoms with Crippen LogP contribution in [0.2, 0.25) is 0 Å². The second kappa shape index (κ2) is 8.83. The Hall–Kier alpha value is -2.44. The summed E-state index contributed by atoms with van der Waals surface area (Å²) in [5.74, 6) is -3.03. The van der Waals surface area contributed by atoms with Gasteiger partial charge in [-0.1, -0.05) is 25.1 Å². The number of rotatable bonds is 4. The molecule has 172 valence electrons. The Kier molecular flexibility index (Phi) is 6.28. The van der Waals surface area contributed by atoms with Crippen LogP contribution in [0.1, 0.15) is 56.1 Å². The predicted octanol–water partition coefficient (Wildman–Crippen LogP) is 8.08. The fraction of sp³-hybridized carbons (Fsp3) is 0.440. The number of hydrogen-bond donors (Lipinski definition) is 0. The summed E-state index contributed by atoms with van der Waals surface area (Å²) in [4.78, 5) is 0. The molecule has 0 amide bonds. The minimum Gasteiger partial charge on any atom is -0.403 e. The van der Waals surface area contributed by atoms with Crippen LogP contribution in [0.25, 0.3) is 11.1 Å². The molecule has 0 heterocycles. The van der Waals surface area contributed by atoms with E-state index in [-0.39, 0.29) is 11.5 Å². The largest absolute Gasteiger partial charge is 0.573 e. The number of benzene rings is 2. The zero-order valence-electron chi connectivity index (χ0n) is 17.6. The van der Waals surface area contributed by atoms with E-state index in [1.165, 1.54) is 6.07 Å². The topological polar surface area (TPSA) is 9.23 Å². The van der Waals surface area contributed by atoms with E-state index in [1.807, 2.05) is 0 Å². The third-order valence-electron chi connectivity index (χ3n) is 6.63. The fourth-order valence-corrected chi connectivity index (χ4v) is 5.25. The van der Waals surface area contributed by atoms with E-state index in [0.29, 0.717) is 35.4 Å². The summed E-state index contributed by atoms with van der Waals surface area (Å²) >= 11 is 0. The Morgan fingerprint density at radius 3 is 2.50 bits per heavy atom. The van der Waals surface area contributed by atoms with Gasteiger partial charge in [0.1, 0.15) is 11.6 Å². The summed E-state index contributed by atoms with van der Waals surface area (Å²) in [5.41, 5.74) is 0.529. The van der Waals surface area contributed by atoms with Gasteiger partial charge in [-0.3, -0.25) is 0 Å². The molecule has 0 aromatic heterocycles. The lowest BCUT2D eigenvalue weighted by Gasteiger charge is -2.40. The summed E-state index contributed by atoms with van der Waals surface area (Å²) in [6, 6.07) is 3.78. The molecule has 0 spiro atoms. The zero-order valence-corrected chi connectivity index (χ0v) is 17.6. The average molecular weight is 454 g/mol. The minimum absolute atomic E-state index is 0.0855. The third-order valence-corrected chi connectivity index (χ3v) is 6.63. The molecule has 1 saturated carbocycles. The molecule has 0 radical (unpaired) electrons. The van der Waals surface area contributed by atoms with Gasteiger partial charge in [0.15, 0.2) is 11.6 Å². The highest BCUT2D eigenvalue weighted by Crippen LogP contribution is 2.49. The molecule has 32 heavy (non-hydrogen) atoms. The van der Waals surface area contributed by atoms with Gasteiger partial charge in [-0.25, -0.2) is 13.2 Å². The molecule has 0 N–H and O–H groups in total. The van der Waals surface area contributed by atoms with Crippen molar-refractivity contribution in [2.24, 2.45) is 11.8 Å². The first-order valence-corrected chi connectivity index (χ1v) is 10.9. The van der Waals surface area contributed by atoms with Gasteiger partial charge in [0, 0.05) is 0 Å². The lowest BCUT2D eigenvalue weighted by atomic mass is 9.65. The number of fused-ring (bicyclic) bond motifs is 3. The standard InChI is InChI=1S/C25H24F6O/c1-2-3-4-14-5-8-17-15(11-14)6-9-18-19(17)13-21(27)23(24(18)28)16-7-10-22(20(26)12-16)32-25(29,30)31/h3-4,7,10,12-15,17H,2,5-6,8-9,11H2,1H3. The highest BCUT2D eigenvalue weighted by Gasteiger charge is 2.37. The smallest absolute Gasteiger partial charge is 0.403 e. The summed E-state index contributed by atoms with van der Waals surface area (Å²) in [5, 5.41) is 0. The van der Waals surface area contributed by atoms with Gasteiger partial charge in [0.2, 0.25) is 0 Å². The highest BCUT2D eigenvalue weighted by atomic mass is 19.4. The SMILES string of the molecule is CCC=CC1CCC2c3cc(F)c(-c4ccc(OC(F)(F)F)c(F)c4)c(F)c3CCC2C1. The van der Waals surface area contributed by atoms with Crippen LogP contribution in [-0.2, 0) is 6.42 Å². The van der Waals surface area contributed by atoms with Crippen LogP contribution in [0.5, 0.6) is 5.75 Å². The van der Waals surface area contributed by atoms with E-state index in [9.17, 15) is 17.6 Å². The van der Waals surface area contributed by atoms with E-state index >= 15 is 8.78 Å². The predicted molar refractivity (Wildman–Crippen MR) is 110 cm³/mol. The number of alkyl halides is 3. The molecule has 3 unspecified atom stereocenters. The van der Waals surface area contributed by atoms with Gasteiger partial charge in [-0.2, -0.15) is 0 Å². The molecule has 4 rings (SSSR count). The molecule has 1 fully saturated rings. The van der Waals surface area contributed by atoms with Crippen molar-refractivity contribution >= 4 is 0 Å². The minimum atomic E-state index is -5.06. The molecule has 1 nitrogen and oxygen atoms in total. The first kappa shape index (κ1) is 22.7. The quantitative estimate of drug-likeness (QED) is 0.335. The van der Waals surface area contributed by atoms with Crippen LogP contribution < -0.4 is 4.74 Å². The zero-order chi connectivity index (χ0) is 23.0. The summed E-state index contributed by atoms with van der Waals surface area (Å²) in [6.45, 7) is 2.09. The van der Waals surface area contributed by atoms with Gasteiger partial charge in [-0.05, 0) is 91.2 Å². The highest BCUT2D eigenvalue weighted by molar-refractivity contribution is 5.68. The molecule has 7 heteroatoms. The van der Waals surface area contributed by atoms with Gasteiger partial charge < -0.3 is 4.74 Å². The van der Waals surface area contributed by atoms with Gasteiger partial charge in [0.25, 0.3) is 0 Å². The number of allylic oxidation sites excluding steroid dienone is 2. The number of ether oxygens (including phenoxy) is 1. The molecule has 0 bridgehead atoms. The molecular formula is C25H24F6O. The van der Waals surface area contributed by atoms with E-state index in [2.05, 4.69) is 23.8 Å². The van der Waals surface area contributed by atoms with Crippen LogP contribution in [0.15, 0.2) is 36.4 Å². The first-order valence-electron chi connectivity index (χ1n) is 10.9. The van der Waals surface area contributed by atoms with E-state index in [0.717, 1.165) is 44.2 Å². The van der Waals surface area contributed by atoms with Crippen molar-refractivity contribution in [3.8, 4) is 16.9 Å². The molecule has 2 aromatic carbocycles. The Labute approximate surface area is 183 Å². The second-order valence-electron chi connectivity index (χ2n) is 8.62. The van der Waals surface area contributed by atoms with Crippen molar-refractivity contribution in [3.05, 3.63) is 65.0 Å². The third kappa shape index (κ3) is 4.52. The van der Waals surface area contributed by atoms with Crippen LogP contribution >= 0.6 is 0 Å². The van der Waals surface area contributed by atoms with Crippen molar-refractivity contribution in [1.29, 1.82) is 0 Å². The van der Waals surface area contributed by atoms with Crippen LogP contribution in [0.3, 0.4) is 0 Å². The lowest BCUT2D eigenvalue weighted by molar-refractivity contribution is -0.275. The number of halogens is 6. The number of hydrogen-bond acceptors (Lipinski definition) is 1. The first-order chi connectivity index (χ1) is 15.2. The van der Waals surface area contributed by atoms with Gasteiger partial charge in [0.05, 0.1) is 5.56 Å². The molecule has 2 aliphatic carbocycles. The molecule has 2 aromatic rings. The monoisotopic (exact) mass is 454 g/mol. The van der Waals surface area contributed by atoms with E-state index in [1.54, 1.807) is 0 Å². The maximum atomic E-state index is 15.4. The van der Waals surface area contributed by atoms with Crippen molar-refractivity contribution < 1.29 is 31.1 Å². The summed E-state index contributed by atoms with van der Waals surface area (Å²) in [7, 11) is 0. The van der Waals surface area contributed by atoms with Crippen molar-refractivity contribution in [1.82, 2.24) is 0 Å². The van der Waals surface area contributed by atoms with Crippen LogP contribution in [0, 0.1) is 29.3 Å². The lowest BCUT2D eigenvalue weighted by Crippen LogP contribution is -2.28. The second-order valence-corrected chi connectivity index (χ2v) is 8.62. The maximum absolute atomic E-state index is 15.4. The van der Waals surface area contributed by atoms with Crippen LogP contribution in [-0.4, -0.2) is 6.36 Å². The van der Waals surface area contributed by atoms with Crippen LogP contribution in [0.4, 0.5) is 26.3 Å². The molecule has 2 aliphatic rings. The average Bonchev–Trinajstić information content (AvgIpc) is 2.73. The van der Waals surface area contributed by atoms with E-state index in [4.69, 9.17) is 0 Å². The van der Waals surface area contributed by atoms with Crippen molar-refractivity contribution in [2.75, 3.05) is 0 Å². The summed E-state index contributed by atoms with van der Waals surface area (Å²) in [6.07, 6.45) is 4.40. The van der Waals surface area contributed by atoms with E-state index < -0.39 is 35.1 Å². The maximum Gasteiger partial charge on any atom is 0.573 e. The van der Waals surface area contributed by atoms with Gasteiger partial charge >= 0.3 is 6.36 Å². The van der Waals surface area contributed by atoms with Crippen molar-refractivity contribution in [2.45, 2.75) is 57.7 Å². The molecule has 0 saturated heterocycles. The molecule has 3 atom stereocenters. The Bertz CT molecular complexity index is 1030. The molecular weight excluding hydrogens is 430 g/mol. The van der Waals surface area contributed by atoms with Gasteiger partial charge in [-0.15, -0.1) is 13.2 Å². The Morgan fingerprint density at radius 2 is 1.81 bits per heavy atom. The van der Waals surface area contributed by atoms with Crippen molar-refractivity contribution in [3.63, 3.8) is 0 Å². The normalized spacial score (nSPS) is 23.2. The Balaban J connectivity index is 1.65. The summed E-state index contributed by atoms with van der Waals surface area (Å²) < 4.78 is 85.3. The fourth-order valence-electron chi connectivity index (χ4n) is 5.25. The Morgan fingerprint density at radius 1 is 1.03 bits per heavy atom.